The van der Waals surface area contributed by atoms with E-state index in [9.17, 15) is 14.0 Å². The number of rotatable bonds is 5. The Kier molecular flexibility index (Phi) is 5.14. The molecule has 0 fully saturated rings. The Morgan fingerprint density at radius 3 is 2.73 bits per heavy atom. The van der Waals surface area contributed by atoms with Gasteiger partial charge in [0.15, 0.2) is 0 Å². The average Bonchev–Trinajstić information content (AvgIpc) is 2.64. The van der Waals surface area contributed by atoms with Crippen molar-refractivity contribution in [3.05, 3.63) is 81.4 Å². The van der Waals surface area contributed by atoms with Crippen LogP contribution >= 0.6 is 0 Å². The number of hydrogen-bond donors (Lipinski definition) is 2. The quantitative estimate of drug-likeness (QED) is 0.691. The summed E-state index contributed by atoms with van der Waals surface area (Å²) in [5, 5.41) is 3.94. The van der Waals surface area contributed by atoms with Gasteiger partial charge >= 0.3 is 5.97 Å². The van der Waals surface area contributed by atoms with E-state index in [0.717, 1.165) is 10.9 Å². The number of pyridine rings is 1. The molecule has 6 heteroatoms. The van der Waals surface area contributed by atoms with Crippen LogP contribution in [0.1, 0.15) is 22.7 Å². The molecule has 3 rings (SSSR count). The van der Waals surface area contributed by atoms with Crippen molar-refractivity contribution in [2.45, 2.75) is 19.5 Å². The second kappa shape index (κ2) is 7.49. The van der Waals surface area contributed by atoms with Gasteiger partial charge in [0.25, 0.3) is 5.56 Å². The van der Waals surface area contributed by atoms with Crippen molar-refractivity contribution in [2.75, 3.05) is 7.11 Å². The first-order chi connectivity index (χ1) is 12.5. The van der Waals surface area contributed by atoms with Crippen molar-refractivity contribution in [2.24, 2.45) is 0 Å². The zero-order chi connectivity index (χ0) is 18.7. The van der Waals surface area contributed by atoms with Gasteiger partial charge in [-0.25, -0.2) is 9.18 Å². The summed E-state index contributed by atoms with van der Waals surface area (Å²) in [5.41, 5.74) is 2.03. The van der Waals surface area contributed by atoms with Crippen LogP contribution in [0.4, 0.5) is 4.39 Å². The van der Waals surface area contributed by atoms with E-state index < -0.39 is 12.0 Å². The molecule has 5 nitrogen and oxygen atoms in total. The highest BCUT2D eigenvalue weighted by molar-refractivity contribution is 5.79. The van der Waals surface area contributed by atoms with Gasteiger partial charge in [0.2, 0.25) is 0 Å². The normalized spacial score (nSPS) is 12.1. The van der Waals surface area contributed by atoms with Gasteiger partial charge in [0.05, 0.1) is 7.11 Å². The number of carbonyl (C=O) groups is 1. The Labute approximate surface area is 149 Å². The zero-order valence-electron chi connectivity index (χ0n) is 14.5. The lowest BCUT2D eigenvalue weighted by molar-refractivity contribution is -0.143. The maximum atomic E-state index is 13.5. The van der Waals surface area contributed by atoms with Crippen LogP contribution in [0.25, 0.3) is 10.9 Å². The number of aromatic nitrogens is 1. The first-order valence-corrected chi connectivity index (χ1v) is 8.18. The summed E-state index contributed by atoms with van der Waals surface area (Å²) >= 11 is 0. The summed E-state index contributed by atoms with van der Waals surface area (Å²) in [5.74, 6) is -0.850. The molecule has 0 saturated heterocycles. The molecular weight excluding hydrogens is 335 g/mol. The van der Waals surface area contributed by atoms with Crippen molar-refractivity contribution in [1.82, 2.24) is 10.3 Å². The van der Waals surface area contributed by atoms with Gasteiger partial charge in [-0.15, -0.1) is 0 Å². The SMILES string of the molecule is COC(=O)C(NCc1cc2ccccc2[nH]c1=O)c1ccc(F)c(C)c1. The van der Waals surface area contributed by atoms with Crippen LogP contribution in [0.3, 0.4) is 0 Å². The topological polar surface area (TPSA) is 71.2 Å². The molecule has 134 valence electrons. The number of halogens is 1. The van der Waals surface area contributed by atoms with Gasteiger partial charge in [0.1, 0.15) is 11.9 Å². The van der Waals surface area contributed by atoms with Crippen LogP contribution in [0.5, 0.6) is 0 Å². The predicted octanol–water partition coefficient (Wildman–Crippen LogP) is 2.98. The number of esters is 1. The van der Waals surface area contributed by atoms with E-state index in [1.807, 2.05) is 24.3 Å². The highest BCUT2D eigenvalue weighted by Crippen LogP contribution is 2.19. The summed E-state index contributed by atoms with van der Waals surface area (Å²) in [6.07, 6.45) is 0. The molecule has 1 aromatic heterocycles. The van der Waals surface area contributed by atoms with E-state index in [2.05, 4.69) is 10.3 Å². The summed E-state index contributed by atoms with van der Waals surface area (Å²) < 4.78 is 18.4. The van der Waals surface area contributed by atoms with Gasteiger partial charge in [-0.1, -0.05) is 30.3 Å². The smallest absolute Gasteiger partial charge is 0.327 e. The third kappa shape index (κ3) is 3.65. The van der Waals surface area contributed by atoms with E-state index in [1.54, 1.807) is 19.1 Å². The van der Waals surface area contributed by atoms with Crippen molar-refractivity contribution >= 4 is 16.9 Å². The average molecular weight is 354 g/mol. The van der Waals surface area contributed by atoms with Gasteiger partial charge in [0, 0.05) is 17.6 Å². The fourth-order valence-corrected chi connectivity index (χ4v) is 2.84. The van der Waals surface area contributed by atoms with Crippen LogP contribution in [0.15, 0.2) is 53.3 Å². The van der Waals surface area contributed by atoms with Crippen LogP contribution in [0.2, 0.25) is 0 Å². The largest absolute Gasteiger partial charge is 0.468 e. The molecule has 0 aliphatic rings. The number of aromatic amines is 1. The number of ether oxygens (including phenoxy) is 1. The number of methoxy groups -OCH3 is 1. The molecule has 1 atom stereocenters. The minimum atomic E-state index is -0.801. The lowest BCUT2D eigenvalue weighted by Crippen LogP contribution is -2.31. The molecule has 0 aliphatic carbocycles. The van der Waals surface area contributed by atoms with Crippen molar-refractivity contribution < 1.29 is 13.9 Å². The first kappa shape index (κ1) is 17.8. The maximum Gasteiger partial charge on any atom is 0.327 e. The molecule has 26 heavy (non-hydrogen) atoms. The molecule has 0 bridgehead atoms. The summed E-state index contributed by atoms with van der Waals surface area (Å²) in [7, 11) is 1.29. The maximum absolute atomic E-state index is 13.5. The molecular formula is C20H19FN2O3. The standard InChI is InChI=1S/C20H19FN2O3/c1-12-9-14(7-8-16(12)21)18(20(25)26-2)22-11-15-10-13-5-3-4-6-17(13)23-19(15)24/h3-10,18,22H,11H2,1-2H3,(H,23,24). The fourth-order valence-electron chi connectivity index (χ4n) is 2.84. The Hall–Kier alpha value is -2.99. The number of H-pyrrole nitrogens is 1. The van der Waals surface area contributed by atoms with Gasteiger partial charge in [-0.2, -0.15) is 0 Å². The van der Waals surface area contributed by atoms with E-state index in [1.165, 1.54) is 19.2 Å². The molecule has 0 aliphatic heterocycles. The monoisotopic (exact) mass is 354 g/mol. The first-order valence-electron chi connectivity index (χ1n) is 8.18. The van der Waals surface area contributed by atoms with E-state index >= 15 is 0 Å². The number of nitrogens with one attached hydrogen (secondary N) is 2. The van der Waals surface area contributed by atoms with Crippen molar-refractivity contribution in [3.8, 4) is 0 Å². The lowest BCUT2D eigenvalue weighted by Gasteiger charge is -2.17. The number of carbonyl (C=O) groups excluding carboxylic acids is 1. The summed E-state index contributed by atoms with van der Waals surface area (Å²) in [6.45, 7) is 1.79. The molecule has 2 aromatic carbocycles. The zero-order valence-corrected chi connectivity index (χ0v) is 14.5. The van der Waals surface area contributed by atoms with Crippen LogP contribution in [0, 0.1) is 12.7 Å². The number of benzene rings is 2. The van der Waals surface area contributed by atoms with Crippen LogP contribution in [-0.2, 0) is 16.1 Å². The Morgan fingerprint density at radius 1 is 1.23 bits per heavy atom. The van der Waals surface area contributed by atoms with Crippen molar-refractivity contribution in [3.63, 3.8) is 0 Å². The number of fused-ring (bicyclic) bond motifs is 1. The highest BCUT2D eigenvalue weighted by atomic mass is 19.1. The number of aryl methyl sites for hydroxylation is 1. The van der Waals surface area contributed by atoms with Gasteiger partial charge < -0.3 is 9.72 Å². The number of para-hydroxylation sites is 1. The molecule has 0 radical (unpaired) electrons. The number of hydrogen-bond acceptors (Lipinski definition) is 4. The van der Waals surface area contributed by atoms with Crippen LogP contribution < -0.4 is 10.9 Å². The van der Waals surface area contributed by atoms with Crippen LogP contribution in [-0.4, -0.2) is 18.1 Å². The Balaban J connectivity index is 1.88. The molecule has 0 amide bonds. The minimum absolute atomic E-state index is 0.163. The van der Waals surface area contributed by atoms with Crippen molar-refractivity contribution in [1.29, 1.82) is 0 Å². The summed E-state index contributed by atoms with van der Waals surface area (Å²) in [4.78, 5) is 27.2. The molecule has 1 unspecified atom stereocenters. The van der Waals surface area contributed by atoms with E-state index in [0.29, 0.717) is 16.7 Å². The van der Waals surface area contributed by atoms with E-state index in [-0.39, 0.29) is 17.9 Å². The fraction of sp³-hybridized carbons (Fsp3) is 0.200. The molecule has 2 N–H and O–H groups in total. The van der Waals surface area contributed by atoms with E-state index in [4.69, 9.17) is 4.74 Å². The highest BCUT2D eigenvalue weighted by Gasteiger charge is 2.22. The molecule has 0 saturated carbocycles. The predicted molar refractivity (Wildman–Crippen MR) is 97.3 cm³/mol. The molecule has 0 spiro atoms. The summed E-state index contributed by atoms with van der Waals surface area (Å²) in [6, 6.07) is 12.9. The third-order valence-electron chi connectivity index (χ3n) is 4.28. The molecule has 1 heterocycles. The second-order valence-corrected chi connectivity index (χ2v) is 6.06. The third-order valence-corrected chi connectivity index (χ3v) is 4.28. The second-order valence-electron chi connectivity index (χ2n) is 6.06. The Bertz CT molecular complexity index is 1010. The Morgan fingerprint density at radius 2 is 2.00 bits per heavy atom. The minimum Gasteiger partial charge on any atom is -0.468 e. The van der Waals surface area contributed by atoms with Gasteiger partial charge in [-0.05, 0) is 41.6 Å². The molecule has 3 aromatic rings. The lowest BCUT2D eigenvalue weighted by atomic mass is 10.0. The van der Waals surface area contributed by atoms with Gasteiger partial charge in [-0.3, -0.25) is 10.1 Å².